The number of nitrogens with zero attached hydrogens (tertiary/aromatic N) is 4. The number of halogens is 5. The average Bonchev–Trinajstić information content (AvgIpc) is 3.49. The molecule has 0 saturated carbocycles. The fourth-order valence-corrected chi connectivity index (χ4v) is 5.43. The first kappa shape index (κ1) is 34.3. The monoisotopic (exact) mass is 698 g/mol. The van der Waals surface area contributed by atoms with Crippen molar-refractivity contribution in [3.05, 3.63) is 122 Å². The molecule has 2 heterocycles. The second-order valence-corrected chi connectivity index (χ2v) is 12.7. The van der Waals surface area contributed by atoms with E-state index in [0.717, 1.165) is 0 Å². The molecule has 15 heteroatoms. The summed E-state index contributed by atoms with van der Waals surface area (Å²) in [5, 5.41) is 21.4. The van der Waals surface area contributed by atoms with Crippen LogP contribution in [-0.4, -0.2) is 37.0 Å². The van der Waals surface area contributed by atoms with Crippen molar-refractivity contribution < 1.29 is 27.7 Å². The highest BCUT2D eigenvalue weighted by molar-refractivity contribution is 6.40. The lowest BCUT2D eigenvalue weighted by Crippen LogP contribution is -2.49. The number of rotatable bonds is 8. The SMILES string of the molecule is CC(C)(c1ccc(NC(=O)c2cc3ccccc3c(Cl)c2NC(=O)c2cc(C(F)(F)F)nn2-c2ncccc2Cl)cc1)C(C)(C)[N+](=O)[O-]. The molecular weight excluding hydrogens is 672 g/mol. The predicted octanol–water partition coefficient (Wildman–Crippen LogP) is 8.58. The van der Waals surface area contributed by atoms with Gasteiger partial charge in [-0.3, -0.25) is 19.7 Å². The Morgan fingerprint density at radius 2 is 1.56 bits per heavy atom. The molecule has 48 heavy (non-hydrogen) atoms. The number of amides is 2. The molecule has 0 saturated heterocycles. The molecular formula is C33H27Cl2F3N6O4. The van der Waals surface area contributed by atoms with Gasteiger partial charge in [0.05, 0.1) is 26.7 Å². The Morgan fingerprint density at radius 1 is 0.896 bits per heavy atom. The smallest absolute Gasteiger partial charge is 0.322 e. The fourth-order valence-electron chi connectivity index (χ4n) is 4.91. The number of carbonyl (C=O) groups excluding carboxylic acids is 2. The number of benzene rings is 3. The number of aromatic nitrogens is 3. The molecule has 0 aliphatic heterocycles. The van der Waals surface area contributed by atoms with Gasteiger partial charge in [0, 0.05) is 42.1 Å². The van der Waals surface area contributed by atoms with Crippen LogP contribution < -0.4 is 10.6 Å². The van der Waals surface area contributed by atoms with Crippen LogP contribution in [0.25, 0.3) is 16.6 Å². The molecule has 0 atom stereocenters. The van der Waals surface area contributed by atoms with Gasteiger partial charge in [-0.05, 0) is 55.1 Å². The second kappa shape index (κ2) is 12.5. The van der Waals surface area contributed by atoms with Gasteiger partial charge in [0.1, 0.15) is 5.69 Å². The maximum absolute atomic E-state index is 13.7. The van der Waals surface area contributed by atoms with Gasteiger partial charge in [-0.1, -0.05) is 59.6 Å². The van der Waals surface area contributed by atoms with Gasteiger partial charge in [-0.2, -0.15) is 18.3 Å². The summed E-state index contributed by atoms with van der Waals surface area (Å²) >= 11 is 12.9. The van der Waals surface area contributed by atoms with E-state index in [1.54, 1.807) is 62.4 Å². The van der Waals surface area contributed by atoms with Crippen LogP contribution in [0.3, 0.4) is 0 Å². The Morgan fingerprint density at radius 3 is 2.19 bits per heavy atom. The standard InChI is InChI=1S/C33H27Cl2F3N6O4/c1-31(2,32(3,4)44(47)48)19-11-13-20(14-12-19)40-29(45)22-16-18-8-5-6-9-21(18)26(35)27(22)41-30(46)24-17-25(33(36,37)38)42-43(24)28-23(34)10-7-15-39-28/h5-17H,1-4H3,(H,40,45)(H,41,46). The van der Waals surface area contributed by atoms with Crippen LogP contribution in [-0.2, 0) is 11.6 Å². The van der Waals surface area contributed by atoms with Gasteiger partial charge in [0.2, 0.25) is 5.54 Å². The highest BCUT2D eigenvalue weighted by Crippen LogP contribution is 2.39. The van der Waals surface area contributed by atoms with Crippen molar-refractivity contribution in [1.82, 2.24) is 14.8 Å². The zero-order valence-corrected chi connectivity index (χ0v) is 27.3. The minimum atomic E-state index is -4.91. The topological polar surface area (TPSA) is 132 Å². The first-order chi connectivity index (χ1) is 22.4. The van der Waals surface area contributed by atoms with Crippen LogP contribution in [0.4, 0.5) is 24.5 Å². The molecule has 5 aromatic rings. The summed E-state index contributed by atoms with van der Waals surface area (Å²) < 4.78 is 41.8. The van der Waals surface area contributed by atoms with Gasteiger partial charge < -0.3 is 10.6 Å². The van der Waals surface area contributed by atoms with E-state index in [2.05, 4.69) is 20.7 Å². The molecule has 5 rings (SSSR count). The molecule has 248 valence electrons. The molecule has 0 bridgehead atoms. The summed E-state index contributed by atoms with van der Waals surface area (Å²) in [5.74, 6) is -2.01. The Balaban J connectivity index is 1.54. The Kier molecular flexibility index (Phi) is 8.97. The van der Waals surface area contributed by atoms with E-state index in [-0.39, 0.29) is 32.0 Å². The predicted molar refractivity (Wildman–Crippen MR) is 177 cm³/mol. The van der Waals surface area contributed by atoms with Gasteiger partial charge in [0.25, 0.3) is 11.8 Å². The maximum atomic E-state index is 13.7. The summed E-state index contributed by atoms with van der Waals surface area (Å²) in [4.78, 5) is 42.8. The number of hydrogen-bond acceptors (Lipinski definition) is 6. The number of pyridine rings is 1. The maximum Gasteiger partial charge on any atom is 0.435 e. The molecule has 2 N–H and O–H groups in total. The molecule has 2 amide bonds. The minimum absolute atomic E-state index is 0.0383. The number of fused-ring (bicyclic) bond motifs is 1. The van der Waals surface area contributed by atoms with E-state index in [4.69, 9.17) is 23.2 Å². The van der Waals surface area contributed by atoms with Gasteiger partial charge in [-0.25, -0.2) is 9.67 Å². The number of alkyl halides is 3. The van der Waals surface area contributed by atoms with Crippen molar-refractivity contribution >= 4 is 57.2 Å². The van der Waals surface area contributed by atoms with Crippen molar-refractivity contribution in [2.75, 3.05) is 10.6 Å². The minimum Gasteiger partial charge on any atom is -0.322 e. The first-order valence-electron chi connectivity index (χ1n) is 14.3. The molecule has 10 nitrogen and oxygen atoms in total. The van der Waals surface area contributed by atoms with Crippen LogP contribution >= 0.6 is 23.2 Å². The third-order valence-corrected chi connectivity index (χ3v) is 9.18. The normalized spacial score (nSPS) is 12.2. The summed E-state index contributed by atoms with van der Waals surface area (Å²) in [6.45, 7) is 6.56. The molecule has 0 radical (unpaired) electrons. The summed E-state index contributed by atoms with van der Waals surface area (Å²) in [7, 11) is 0. The zero-order valence-electron chi connectivity index (χ0n) is 25.8. The lowest BCUT2D eigenvalue weighted by molar-refractivity contribution is -0.573. The molecule has 0 fully saturated rings. The van der Waals surface area contributed by atoms with Crippen molar-refractivity contribution in [1.29, 1.82) is 0 Å². The molecule has 2 aromatic heterocycles. The Labute approximate surface area is 282 Å². The molecule has 3 aromatic carbocycles. The number of nitrogens with one attached hydrogen (secondary N) is 2. The molecule has 0 unspecified atom stereocenters. The zero-order chi connectivity index (χ0) is 35.2. The third-order valence-electron chi connectivity index (χ3n) is 8.49. The van der Waals surface area contributed by atoms with Crippen molar-refractivity contribution in [2.45, 2.75) is 44.8 Å². The van der Waals surface area contributed by atoms with Crippen LogP contribution in [0.5, 0.6) is 0 Å². The summed E-state index contributed by atoms with van der Waals surface area (Å²) in [6, 6.07) is 18.1. The molecule has 0 aliphatic rings. The number of carbonyl (C=O) groups is 2. The molecule has 0 spiro atoms. The van der Waals surface area contributed by atoms with Crippen LogP contribution in [0.1, 0.15) is 59.8 Å². The van der Waals surface area contributed by atoms with E-state index in [9.17, 15) is 32.9 Å². The molecule has 0 aliphatic carbocycles. The van der Waals surface area contributed by atoms with Crippen molar-refractivity contribution in [3.63, 3.8) is 0 Å². The second-order valence-electron chi connectivity index (χ2n) is 11.9. The van der Waals surface area contributed by atoms with E-state index < -0.39 is 40.3 Å². The number of nitro groups is 1. The first-order valence-corrected chi connectivity index (χ1v) is 15.1. The fraction of sp³-hybridized carbons (Fsp3) is 0.212. The Hall–Kier alpha value is -5.01. The summed E-state index contributed by atoms with van der Waals surface area (Å²) in [5.41, 5.74) is -3.39. The van der Waals surface area contributed by atoms with Crippen LogP contribution in [0, 0.1) is 10.1 Å². The average molecular weight is 700 g/mol. The Bertz CT molecular complexity index is 2080. The number of hydrogen-bond donors (Lipinski definition) is 2. The lowest BCUT2D eigenvalue weighted by atomic mass is 9.70. The highest BCUT2D eigenvalue weighted by atomic mass is 35.5. The van der Waals surface area contributed by atoms with Crippen LogP contribution in [0.15, 0.2) is 79.0 Å². The lowest BCUT2D eigenvalue weighted by Gasteiger charge is -2.34. The van der Waals surface area contributed by atoms with E-state index >= 15 is 0 Å². The number of anilines is 2. The quantitative estimate of drug-likeness (QED) is 0.123. The van der Waals surface area contributed by atoms with E-state index in [1.165, 1.54) is 38.2 Å². The van der Waals surface area contributed by atoms with Crippen molar-refractivity contribution in [2.24, 2.45) is 0 Å². The third kappa shape index (κ3) is 6.30. The van der Waals surface area contributed by atoms with Gasteiger partial charge in [0.15, 0.2) is 11.5 Å². The largest absolute Gasteiger partial charge is 0.435 e. The van der Waals surface area contributed by atoms with Crippen molar-refractivity contribution in [3.8, 4) is 5.82 Å². The van der Waals surface area contributed by atoms with E-state index in [0.29, 0.717) is 32.8 Å². The van der Waals surface area contributed by atoms with Gasteiger partial charge in [-0.15, -0.1) is 0 Å². The summed E-state index contributed by atoms with van der Waals surface area (Å²) in [6.07, 6.45) is -3.63. The van der Waals surface area contributed by atoms with E-state index in [1.807, 2.05) is 0 Å². The van der Waals surface area contributed by atoms with Crippen LogP contribution in [0.2, 0.25) is 10.0 Å². The van der Waals surface area contributed by atoms with Gasteiger partial charge >= 0.3 is 6.18 Å². The highest BCUT2D eigenvalue weighted by Gasteiger charge is 2.48.